The van der Waals surface area contributed by atoms with Crippen LogP contribution in [0.1, 0.15) is 6.92 Å². The summed E-state index contributed by atoms with van der Waals surface area (Å²) in [6.45, 7) is 1.42. The SMILES string of the molecule is CC(=O)NCPCOF. The molecule has 1 amide bonds. The molecule has 1 unspecified atom stereocenters. The van der Waals surface area contributed by atoms with E-state index in [9.17, 15) is 9.32 Å². The second-order valence-electron chi connectivity index (χ2n) is 1.41. The van der Waals surface area contributed by atoms with Crippen LogP contribution in [0.2, 0.25) is 0 Å². The number of halogens is 1. The minimum absolute atomic E-state index is 0.0697. The molecular formula is C4H9FNO2P. The number of amides is 1. The molecule has 0 spiro atoms. The minimum atomic E-state index is -0.0960. The Balaban J connectivity index is 2.83. The number of carbonyl (C=O) groups excluding carboxylic acids is 1. The molecule has 1 N–H and O–H groups in total. The van der Waals surface area contributed by atoms with Crippen molar-refractivity contribution in [2.75, 3.05) is 12.6 Å². The Labute approximate surface area is 54.6 Å². The van der Waals surface area contributed by atoms with E-state index in [2.05, 4.69) is 10.3 Å². The van der Waals surface area contributed by atoms with Crippen LogP contribution in [0.15, 0.2) is 0 Å². The highest BCUT2D eigenvalue weighted by Crippen LogP contribution is 2.05. The van der Waals surface area contributed by atoms with Crippen molar-refractivity contribution in [2.45, 2.75) is 6.92 Å². The van der Waals surface area contributed by atoms with Crippen molar-refractivity contribution in [3.63, 3.8) is 0 Å². The second kappa shape index (κ2) is 5.92. The van der Waals surface area contributed by atoms with Gasteiger partial charge in [-0.1, -0.05) is 8.58 Å². The van der Waals surface area contributed by atoms with E-state index < -0.39 is 0 Å². The maximum atomic E-state index is 10.9. The molecule has 0 bridgehead atoms. The van der Waals surface area contributed by atoms with Gasteiger partial charge in [-0.2, -0.15) is 4.94 Å². The van der Waals surface area contributed by atoms with Gasteiger partial charge in [0.2, 0.25) is 5.91 Å². The minimum Gasteiger partial charge on any atom is -0.353 e. The van der Waals surface area contributed by atoms with Crippen LogP contribution in [0.25, 0.3) is 0 Å². The molecule has 5 heteroatoms. The molecule has 3 nitrogen and oxygen atoms in total. The molecule has 0 fully saturated rings. The molecule has 0 aromatic carbocycles. The van der Waals surface area contributed by atoms with Gasteiger partial charge < -0.3 is 5.32 Å². The van der Waals surface area contributed by atoms with Crippen molar-refractivity contribution < 1.29 is 14.3 Å². The van der Waals surface area contributed by atoms with Gasteiger partial charge in [0.15, 0.2) is 0 Å². The van der Waals surface area contributed by atoms with Gasteiger partial charge >= 0.3 is 0 Å². The molecular weight excluding hydrogens is 144 g/mol. The lowest BCUT2D eigenvalue weighted by Crippen LogP contribution is -2.18. The Morgan fingerprint density at radius 2 is 2.56 bits per heavy atom. The summed E-state index contributed by atoms with van der Waals surface area (Å²) in [7, 11) is 0.296. The van der Waals surface area contributed by atoms with Crippen LogP contribution in [-0.4, -0.2) is 18.5 Å². The molecule has 9 heavy (non-hydrogen) atoms. The first kappa shape index (κ1) is 8.79. The third-order valence-electron chi connectivity index (χ3n) is 0.619. The zero-order chi connectivity index (χ0) is 7.11. The molecule has 0 saturated carbocycles. The summed E-state index contributed by atoms with van der Waals surface area (Å²) in [5.74, 6) is -0.0960. The molecule has 0 aliphatic heterocycles. The molecule has 0 saturated heterocycles. The molecule has 0 aromatic rings. The van der Waals surface area contributed by atoms with Crippen LogP contribution in [0.4, 0.5) is 4.53 Å². The fourth-order valence-electron chi connectivity index (χ4n) is 0.277. The number of hydrogen-bond acceptors (Lipinski definition) is 2. The Morgan fingerprint density at radius 1 is 1.89 bits per heavy atom. The molecule has 1 atom stereocenters. The van der Waals surface area contributed by atoms with E-state index in [1.165, 1.54) is 6.92 Å². The first-order chi connectivity index (χ1) is 4.27. The topological polar surface area (TPSA) is 38.3 Å². The highest BCUT2D eigenvalue weighted by atomic mass is 31.1. The monoisotopic (exact) mass is 153 g/mol. The highest BCUT2D eigenvalue weighted by molar-refractivity contribution is 7.37. The van der Waals surface area contributed by atoms with Gasteiger partial charge in [0.25, 0.3) is 0 Å². The standard InChI is InChI=1S/C4H9FNO2P/c1-4(7)6-2-9-3-8-5/h9H,2-3H2,1H3,(H,6,7). The van der Waals surface area contributed by atoms with Crippen LogP contribution < -0.4 is 5.32 Å². The van der Waals surface area contributed by atoms with Gasteiger partial charge in [0.05, 0.1) is 0 Å². The fourth-order valence-corrected chi connectivity index (χ4v) is 0.830. The van der Waals surface area contributed by atoms with Gasteiger partial charge in [-0.25, -0.2) is 0 Å². The summed E-state index contributed by atoms with van der Waals surface area (Å²) in [6, 6.07) is 0. The largest absolute Gasteiger partial charge is 0.353 e. The first-order valence-corrected chi connectivity index (χ1v) is 3.87. The Bertz CT molecular complexity index is 90.6. The number of nitrogens with one attached hydrogen (secondary N) is 1. The van der Waals surface area contributed by atoms with Crippen LogP contribution >= 0.6 is 8.58 Å². The van der Waals surface area contributed by atoms with Crippen LogP contribution in [0, 0.1) is 0 Å². The lowest BCUT2D eigenvalue weighted by molar-refractivity contribution is -0.118. The molecule has 0 heterocycles. The molecule has 0 radical (unpaired) electrons. The Morgan fingerprint density at radius 3 is 3.00 bits per heavy atom. The molecule has 54 valence electrons. The molecule has 0 aliphatic rings. The molecule has 0 rings (SSSR count). The van der Waals surface area contributed by atoms with Gasteiger partial charge in [-0.15, -0.1) is 0 Å². The average Bonchev–Trinajstić information content (AvgIpc) is 1.80. The van der Waals surface area contributed by atoms with E-state index in [0.29, 0.717) is 14.9 Å². The van der Waals surface area contributed by atoms with Crippen molar-refractivity contribution in [1.82, 2.24) is 5.32 Å². The van der Waals surface area contributed by atoms with Crippen molar-refractivity contribution in [1.29, 1.82) is 0 Å². The van der Waals surface area contributed by atoms with Gasteiger partial charge in [-0.05, 0) is 4.53 Å². The number of hydrogen-bond donors (Lipinski definition) is 1. The molecule has 0 aromatic heterocycles. The third kappa shape index (κ3) is 7.79. The summed E-state index contributed by atoms with van der Waals surface area (Å²) in [5.41, 5.74) is 0. The Kier molecular flexibility index (Phi) is 5.78. The van der Waals surface area contributed by atoms with Crippen molar-refractivity contribution in [3.8, 4) is 0 Å². The Hall–Kier alpha value is -0.210. The van der Waals surface area contributed by atoms with Gasteiger partial charge in [0.1, 0.15) is 6.35 Å². The quantitative estimate of drug-likeness (QED) is 0.474. The summed E-state index contributed by atoms with van der Waals surface area (Å²) in [6.07, 6.45) is 0.569. The maximum absolute atomic E-state index is 10.9. The van der Waals surface area contributed by atoms with Crippen molar-refractivity contribution in [2.24, 2.45) is 0 Å². The number of carbonyl (C=O) groups is 1. The van der Waals surface area contributed by atoms with E-state index in [1.54, 1.807) is 0 Å². The zero-order valence-electron chi connectivity index (χ0n) is 5.11. The van der Waals surface area contributed by atoms with E-state index in [1.807, 2.05) is 0 Å². The fraction of sp³-hybridized carbons (Fsp3) is 0.750. The van der Waals surface area contributed by atoms with Crippen LogP contribution in [-0.2, 0) is 9.74 Å². The second-order valence-corrected chi connectivity index (χ2v) is 2.56. The summed E-state index contributed by atoms with van der Waals surface area (Å²) >= 11 is 0. The average molecular weight is 153 g/mol. The van der Waals surface area contributed by atoms with Crippen LogP contribution in [0.3, 0.4) is 0 Å². The first-order valence-electron chi connectivity index (χ1n) is 2.46. The summed E-state index contributed by atoms with van der Waals surface area (Å²) < 4.78 is 10.9. The zero-order valence-corrected chi connectivity index (χ0v) is 6.11. The number of rotatable bonds is 4. The molecule has 0 aliphatic carbocycles. The highest BCUT2D eigenvalue weighted by Gasteiger charge is 1.88. The normalized spacial score (nSPS) is 10.4. The lowest BCUT2D eigenvalue weighted by atomic mass is 10.7. The predicted molar refractivity (Wildman–Crippen MR) is 34.1 cm³/mol. The summed E-state index contributed by atoms with van der Waals surface area (Å²) in [5, 5.41) is 2.51. The van der Waals surface area contributed by atoms with E-state index in [-0.39, 0.29) is 12.3 Å². The predicted octanol–water partition coefficient (Wildman–Crippen LogP) is 0.617. The smallest absolute Gasteiger partial charge is 0.217 e. The van der Waals surface area contributed by atoms with Gasteiger partial charge in [0, 0.05) is 13.2 Å². The van der Waals surface area contributed by atoms with E-state index >= 15 is 0 Å². The maximum Gasteiger partial charge on any atom is 0.217 e. The van der Waals surface area contributed by atoms with Crippen molar-refractivity contribution in [3.05, 3.63) is 0 Å². The van der Waals surface area contributed by atoms with Crippen LogP contribution in [0.5, 0.6) is 0 Å². The van der Waals surface area contributed by atoms with E-state index in [4.69, 9.17) is 0 Å². The van der Waals surface area contributed by atoms with E-state index in [0.717, 1.165) is 0 Å². The third-order valence-corrected chi connectivity index (χ3v) is 1.36. The van der Waals surface area contributed by atoms with Gasteiger partial charge in [-0.3, -0.25) is 4.79 Å². The lowest BCUT2D eigenvalue weighted by Gasteiger charge is -1.97. The summed E-state index contributed by atoms with van der Waals surface area (Å²) in [4.78, 5) is 13.5. The van der Waals surface area contributed by atoms with Crippen molar-refractivity contribution >= 4 is 14.5 Å².